The Morgan fingerprint density at radius 3 is 2.35 bits per heavy atom. The summed E-state index contributed by atoms with van der Waals surface area (Å²) in [5, 5.41) is 69.6. The minimum absolute atomic E-state index is 0.199. The van der Waals surface area contributed by atoms with Gasteiger partial charge in [-0.1, -0.05) is 0 Å². The summed E-state index contributed by atoms with van der Waals surface area (Å²) in [7, 11) is 1.20. The monoisotopic (exact) mass is 486 g/mol. The average Bonchev–Trinajstić information content (AvgIpc) is 2.91. The van der Waals surface area contributed by atoms with Crippen LogP contribution in [0, 0.1) is 6.92 Å². The molecule has 1 aromatic heterocycles. The molecule has 13 nitrogen and oxygen atoms in total. The molecule has 13 heteroatoms. The first kappa shape index (κ1) is 26.0. The molecule has 188 valence electrons. The summed E-state index contributed by atoms with van der Waals surface area (Å²) in [4.78, 5) is 24.8. The first-order valence-electron chi connectivity index (χ1n) is 10.2. The predicted molar refractivity (Wildman–Crippen MR) is 111 cm³/mol. The quantitative estimate of drug-likeness (QED) is 0.121. The lowest BCUT2D eigenvalue weighted by molar-refractivity contribution is -0.231. The Kier molecular flexibility index (Phi) is 7.90. The maximum atomic E-state index is 12.5. The molecule has 1 aliphatic heterocycles. The predicted octanol–water partition coefficient (Wildman–Crippen LogP) is -2.06. The van der Waals surface area contributed by atoms with Crippen molar-refractivity contribution in [2.45, 2.75) is 56.3 Å². The maximum absolute atomic E-state index is 12.5. The van der Waals surface area contributed by atoms with E-state index in [0.29, 0.717) is 0 Å². The molecule has 0 saturated carbocycles. The van der Waals surface area contributed by atoms with Gasteiger partial charge in [-0.15, -0.1) is 0 Å². The number of ether oxygens (including phenoxy) is 3. The summed E-state index contributed by atoms with van der Waals surface area (Å²) >= 11 is 0. The van der Waals surface area contributed by atoms with E-state index in [9.17, 15) is 40.2 Å². The van der Waals surface area contributed by atoms with Crippen LogP contribution in [0.2, 0.25) is 0 Å². The van der Waals surface area contributed by atoms with Crippen LogP contribution in [-0.4, -0.2) is 92.2 Å². The zero-order chi connectivity index (χ0) is 25.3. The number of hydrogen-bond acceptors (Lipinski definition) is 13. The summed E-state index contributed by atoms with van der Waals surface area (Å²) in [5.74, 6) is -1.49. The topological polar surface area (TPSA) is 217 Å². The Labute approximate surface area is 192 Å². The Morgan fingerprint density at radius 1 is 1.06 bits per heavy atom. The van der Waals surface area contributed by atoms with E-state index in [2.05, 4.69) is 0 Å². The van der Waals surface area contributed by atoms with Crippen molar-refractivity contribution in [3.63, 3.8) is 0 Å². The van der Waals surface area contributed by atoms with E-state index in [4.69, 9.17) is 23.7 Å². The molecule has 1 aliphatic rings. The number of hydrogen-bond donors (Lipinski definition) is 7. The van der Waals surface area contributed by atoms with Gasteiger partial charge in [0.25, 0.3) is 0 Å². The number of aliphatic hydroxyl groups is 6. The maximum Gasteiger partial charge on any atom is 0.347 e. The molecule has 0 radical (unpaired) electrons. The Hall–Kier alpha value is -2.62. The second-order valence-electron chi connectivity index (χ2n) is 7.86. The summed E-state index contributed by atoms with van der Waals surface area (Å²) in [5.41, 5.74) is -1.11. The van der Waals surface area contributed by atoms with Gasteiger partial charge in [0.05, 0.1) is 18.3 Å². The normalized spacial score (nSPS) is 22.9. The molecule has 7 atom stereocenters. The van der Waals surface area contributed by atoms with E-state index in [1.807, 2.05) is 0 Å². The van der Waals surface area contributed by atoms with E-state index in [1.54, 1.807) is 0 Å². The number of carbonyl (C=O) groups excluding carboxylic acids is 1. The average molecular weight is 486 g/mol. The van der Waals surface area contributed by atoms with E-state index >= 15 is 0 Å². The van der Waals surface area contributed by atoms with Crippen molar-refractivity contribution < 1.29 is 59.2 Å². The van der Waals surface area contributed by atoms with Gasteiger partial charge >= 0.3 is 11.6 Å². The van der Waals surface area contributed by atoms with Crippen molar-refractivity contribution in [2.75, 3.05) is 13.7 Å². The van der Waals surface area contributed by atoms with Crippen LogP contribution in [0.15, 0.2) is 21.3 Å². The third-order valence-electron chi connectivity index (χ3n) is 5.53. The molecule has 0 bridgehead atoms. The third kappa shape index (κ3) is 4.92. The molecule has 0 saturated heterocycles. The number of benzene rings is 1. The van der Waals surface area contributed by atoms with Crippen LogP contribution in [-0.2, 0) is 14.3 Å². The second-order valence-corrected chi connectivity index (χ2v) is 7.86. The first-order chi connectivity index (χ1) is 16.0. The zero-order valence-corrected chi connectivity index (χ0v) is 18.2. The number of aromatic hydroxyl groups is 1. The van der Waals surface area contributed by atoms with Gasteiger partial charge in [-0.05, 0) is 24.4 Å². The molecule has 0 unspecified atom stereocenters. The van der Waals surface area contributed by atoms with Crippen molar-refractivity contribution in [1.29, 1.82) is 0 Å². The zero-order valence-electron chi connectivity index (χ0n) is 18.2. The van der Waals surface area contributed by atoms with Crippen LogP contribution in [0.3, 0.4) is 0 Å². The molecular formula is C21H26O13. The molecular weight excluding hydrogens is 460 g/mol. The van der Waals surface area contributed by atoms with Crippen molar-refractivity contribution >= 4 is 16.7 Å². The summed E-state index contributed by atoms with van der Waals surface area (Å²) in [6.07, 6.45) is -13.5. The van der Waals surface area contributed by atoms with Crippen LogP contribution in [0.25, 0.3) is 10.8 Å². The summed E-state index contributed by atoms with van der Waals surface area (Å²) < 4.78 is 20.8. The number of phenolic OH excluding ortho intramolecular Hbond substituents is 1. The van der Waals surface area contributed by atoms with Crippen molar-refractivity contribution in [3.8, 4) is 11.5 Å². The molecule has 0 spiro atoms. The molecule has 3 rings (SSSR count). The van der Waals surface area contributed by atoms with Gasteiger partial charge in [-0.3, -0.25) is 0 Å². The van der Waals surface area contributed by atoms with Crippen molar-refractivity contribution in [1.82, 2.24) is 0 Å². The molecule has 7 N–H and O–H groups in total. The first-order valence-corrected chi connectivity index (χ1v) is 10.2. The van der Waals surface area contributed by atoms with Crippen molar-refractivity contribution in [2.24, 2.45) is 0 Å². The van der Waals surface area contributed by atoms with Crippen molar-refractivity contribution in [3.05, 3.63) is 33.9 Å². The highest BCUT2D eigenvalue weighted by atomic mass is 16.6. The van der Waals surface area contributed by atoms with E-state index in [0.717, 1.165) is 0 Å². The van der Waals surface area contributed by atoms with Gasteiger partial charge in [0, 0.05) is 13.5 Å². The second kappa shape index (κ2) is 10.3. The van der Waals surface area contributed by atoms with E-state index in [-0.39, 0.29) is 34.3 Å². The summed E-state index contributed by atoms with van der Waals surface area (Å²) in [6.45, 7) is 0.573. The molecule has 2 heterocycles. The molecule has 1 aromatic carbocycles. The van der Waals surface area contributed by atoms with Gasteiger partial charge in [-0.25, -0.2) is 9.59 Å². The van der Waals surface area contributed by atoms with Crippen LogP contribution < -0.4 is 10.4 Å². The van der Waals surface area contributed by atoms with Gasteiger partial charge in [0.15, 0.2) is 12.4 Å². The van der Waals surface area contributed by atoms with Gasteiger partial charge < -0.3 is 54.4 Å². The molecule has 0 fully saturated rings. The SMILES string of the molecule is CO[C@@H]1C[C@@H](O[C@@H](O)[C@@H](O)[C@@H](O)[C@@H](O)[C@@H](O)CO)c2c(cc3cc(C)oc(=O)c3c2O)OC1=O. The highest BCUT2D eigenvalue weighted by molar-refractivity contribution is 5.92. The largest absolute Gasteiger partial charge is 0.506 e. The standard InChI is InChI=1S/C21H26O13/c1-7-3-8-4-10-14(16(25)13(8)20(29)32-7)11(5-12(31-2)19(28)33-10)34-21(30)18(27)17(26)15(24)9(23)6-22/h3-4,9,11-12,15,17-18,21-27,30H,5-6H2,1-2H3/t9-,11+,12+,15-,17-,18-,21+/m0/s1. The summed E-state index contributed by atoms with van der Waals surface area (Å²) in [6, 6.07) is 2.72. The number of aryl methyl sites for hydroxylation is 1. The number of aliphatic hydroxyl groups excluding tert-OH is 6. The van der Waals surface area contributed by atoms with Crippen LogP contribution in [0.1, 0.15) is 23.8 Å². The van der Waals surface area contributed by atoms with Gasteiger partial charge in [0.2, 0.25) is 0 Å². The smallest absolute Gasteiger partial charge is 0.347 e. The number of rotatable bonds is 8. The van der Waals surface area contributed by atoms with Crippen LogP contribution >= 0.6 is 0 Å². The van der Waals surface area contributed by atoms with Crippen LogP contribution in [0.4, 0.5) is 0 Å². The fourth-order valence-corrected chi connectivity index (χ4v) is 3.70. The minimum atomic E-state index is -2.23. The lowest BCUT2D eigenvalue weighted by Crippen LogP contribution is -2.50. The number of phenols is 1. The highest BCUT2D eigenvalue weighted by Gasteiger charge is 2.40. The molecule has 34 heavy (non-hydrogen) atoms. The lowest BCUT2D eigenvalue weighted by atomic mass is 9.98. The van der Waals surface area contributed by atoms with E-state index < -0.39 is 66.9 Å². The Balaban J connectivity index is 2.04. The van der Waals surface area contributed by atoms with E-state index in [1.165, 1.54) is 26.2 Å². The third-order valence-corrected chi connectivity index (χ3v) is 5.53. The van der Waals surface area contributed by atoms with Crippen LogP contribution in [0.5, 0.6) is 11.5 Å². The fraction of sp³-hybridized carbons (Fsp3) is 0.524. The Bertz CT molecular complexity index is 1100. The number of carbonyl (C=O) groups is 1. The Morgan fingerprint density at radius 2 is 1.74 bits per heavy atom. The lowest BCUT2D eigenvalue weighted by Gasteiger charge is -2.30. The molecule has 0 aliphatic carbocycles. The fourth-order valence-electron chi connectivity index (χ4n) is 3.70. The minimum Gasteiger partial charge on any atom is -0.506 e. The highest BCUT2D eigenvalue weighted by Crippen LogP contribution is 2.44. The molecule has 2 aromatic rings. The number of fused-ring (bicyclic) bond motifs is 2. The number of methoxy groups -OCH3 is 1. The number of esters is 1. The van der Waals surface area contributed by atoms with Gasteiger partial charge in [-0.2, -0.15) is 0 Å². The molecule has 0 amide bonds. The van der Waals surface area contributed by atoms with Gasteiger partial charge in [0.1, 0.15) is 47.1 Å².